The lowest BCUT2D eigenvalue weighted by Crippen LogP contribution is -2.28. The molecule has 1 unspecified atom stereocenters. The van der Waals surface area contributed by atoms with Crippen LogP contribution in [0.5, 0.6) is 0 Å². The highest BCUT2D eigenvalue weighted by molar-refractivity contribution is 5.91. The average Bonchev–Trinajstić information content (AvgIpc) is 3.16. The number of fused-ring (bicyclic) bond motifs is 1. The van der Waals surface area contributed by atoms with Crippen molar-refractivity contribution in [2.45, 2.75) is 19.5 Å². The van der Waals surface area contributed by atoms with E-state index in [1.165, 1.54) is 6.26 Å². The first-order valence-electron chi connectivity index (χ1n) is 6.93. The van der Waals surface area contributed by atoms with Gasteiger partial charge in [-0.25, -0.2) is 4.98 Å². The van der Waals surface area contributed by atoms with Gasteiger partial charge in [-0.1, -0.05) is 18.1 Å². The maximum atomic E-state index is 12.1. The first-order valence-corrected chi connectivity index (χ1v) is 6.93. The summed E-state index contributed by atoms with van der Waals surface area (Å²) in [5.74, 6) is 3.34. The molecule has 3 aromatic rings. The van der Waals surface area contributed by atoms with E-state index in [-0.39, 0.29) is 17.7 Å². The highest BCUT2D eigenvalue weighted by Gasteiger charge is 2.19. The summed E-state index contributed by atoms with van der Waals surface area (Å²) in [6.07, 6.45) is 6.92. The van der Waals surface area contributed by atoms with Crippen molar-refractivity contribution in [3.05, 3.63) is 54.2 Å². The first kappa shape index (κ1) is 14.0. The Bertz CT molecular complexity index is 841. The number of imidazole rings is 1. The molecule has 2 aromatic heterocycles. The molecule has 22 heavy (non-hydrogen) atoms. The first-order chi connectivity index (χ1) is 10.7. The smallest absolute Gasteiger partial charge is 0.287 e. The van der Waals surface area contributed by atoms with Crippen LogP contribution in [0, 0.1) is 12.3 Å². The third-order valence-corrected chi connectivity index (χ3v) is 3.41. The molecule has 1 N–H and O–H groups in total. The van der Waals surface area contributed by atoms with E-state index in [2.05, 4.69) is 16.2 Å². The molecule has 0 aliphatic rings. The Balaban J connectivity index is 1.93. The van der Waals surface area contributed by atoms with Gasteiger partial charge in [-0.05, 0) is 31.2 Å². The second-order valence-corrected chi connectivity index (χ2v) is 4.92. The maximum Gasteiger partial charge on any atom is 0.287 e. The van der Waals surface area contributed by atoms with E-state index in [1.807, 2.05) is 35.8 Å². The lowest BCUT2D eigenvalue weighted by Gasteiger charge is -2.14. The third kappa shape index (κ3) is 2.47. The molecular formula is C17H15N3O2. The molecule has 0 bridgehead atoms. The molecule has 110 valence electrons. The molecule has 0 saturated heterocycles. The van der Waals surface area contributed by atoms with Gasteiger partial charge < -0.3 is 14.3 Å². The van der Waals surface area contributed by atoms with Crippen molar-refractivity contribution in [2.75, 3.05) is 0 Å². The van der Waals surface area contributed by atoms with Crippen LogP contribution in [0.2, 0.25) is 0 Å². The molecule has 2 heterocycles. The van der Waals surface area contributed by atoms with Gasteiger partial charge >= 0.3 is 0 Å². The number of nitrogens with zero attached hydrogens (tertiary/aromatic N) is 2. The molecule has 0 aliphatic heterocycles. The van der Waals surface area contributed by atoms with Crippen LogP contribution in [0.1, 0.15) is 29.3 Å². The number of hydrogen-bond acceptors (Lipinski definition) is 3. The van der Waals surface area contributed by atoms with Crippen LogP contribution in [0.25, 0.3) is 11.0 Å². The molecule has 0 spiro atoms. The number of amides is 1. The zero-order valence-electron chi connectivity index (χ0n) is 12.1. The van der Waals surface area contributed by atoms with Gasteiger partial charge in [-0.15, -0.1) is 6.42 Å². The summed E-state index contributed by atoms with van der Waals surface area (Å²) in [4.78, 5) is 16.7. The number of aromatic nitrogens is 2. The second-order valence-electron chi connectivity index (χ2n) is 4.92. The molecule has 1 aromatic carbocycles. The molecular weight excluding hydrogens is 278 g/mol. The summed E-state index contributed by atoms with van der Waals surface area (Å²) in [6, 6.07) is 10.7. The second kappa shape index (κ2) is 5.78. The van der Waals surface area contributed by atoms with Crippen LogP contribution in [-0.4, -0.2) is 15.5 Å². The van der Waals surface area contributed by atoms with Gasteiger partial charge in [0.05, 0.1) is 29.9 Å². The van der Waals surface area contributed by atoms with Crippen LogP contribution >= 0.6 is 0 Å². The zero-order valence-corrected chi connectivity index (χ0v) is 12.1. The highest BCUT2D eigenvalue weighted by atomic mass is 16.3. The van der Waals surface area contributed by atoms with E-state index < -0.39 is 0 Å². The summed E-state index contributed by atoms with van der Waals surface area (Å²) < 4.78 is 7.03. The minimum Gasteiger partial charge on any atom is -0.459 e. The van der Waals surface area contributed by atoms with Crippen LogP contribution in [0.3, 0.4) is 0 Å². The van der Waals surface area contributed by atoms with Crippen molar-refractivity contribution in [3.8, 4) is 12.3 Å². The minimum absolute atomic E-state index is 0.270. The molecule has 0 fully saturated rings. The Kier molecular flexibility index (Phi) is 3.67. The molecule has 0 radical (unpaired) electrons. The Morgan fingerprint density at radius 2 is 2.23 bits per heavy atom. The van der Waals surface area contributed by atoms with Crippen molar-refractivity contribution in [2.24, 2.45) is 0 Å². The van der Waals surface area contributed by atoms with Gasteiger partial charge in [0.15, 0.2) is 5.76 Å². The summed E-state index contributed by atoms with van der Waals surface area (Å²) in [6.45, 7) is 2.27. The number of terminal acetylenes is 1. The van der Waals surface area contributed by atoms with Crippen LogP contribution in [0.15, 0.2) is 47.1 Å². The molecule has 0 aliphatic carbocycles. The fourth-order valence-corrected chi connectivity index (χ4v) is 2.42. The molecule has 5 nitrogen and oxygen atoms in total. The number of benzene rings is 1. The third-order valence-electron chi connectivity index (χ3n) is 3.41. The van der Waals surface area contributed by atoms with Gasteiger partial charge in [0.2, 0.25) is 0 Å². The van der Waals surface area contributed by atoms with Crippen molar-refractivity contribution >= 4 is 16.9 Å². The fourth-order valence-electron chi connectivity index (χ4n) is 2.42. The number of carbonyl (C=O) groups is 1. The van der Waals surface area contributed by atoms with Crippen molar-refractivity contribution in [1.29, 1.82) is 0 Å². The monoisotopic (exact) mass is 293 g/mol. The van der Waals surface area contributed by atoms with E-state index in [0.717, 1.165) is 16.9 Å². The summed E-state index contributed by atoms with van der Waals surface area (Å²) in [7, 11) is 0. The Hall–Kier alpha value is -3.00. The van der Waals surface area contributed by atoms with Crippen LogP contribution in [-0.2, 0) is 6.54 Å². The maximum absolute atomic E-state index is 12.1. The number of furan rings is 1. The van der Waals surface area contributed by atoms with E-state index in [1.54, 1.807) is 12.1 Å². The van der Waals surface area contributed by atoms with Crippen molar-refractivity contribution in [3.63, 3.8) is 0 Å². The summed E-state index contributed by atoms with van der Waals surface area (Å²) in [5, 5.41) is 2.87. The van der Waals surface area contributed by atoms with E-state index in [9.17, 15) is 4.79 Å². The largest absolute Gasteiger partial charge is 0.459 e. The number of nitrogens with one attached hydrogen (secondary N) is 1. The molecule has 1 amide bonds. The quantitative estimate of drug-likeness (QED) is 0.752. The SMILES string of the molecule is C#CCn1c(C(C)NC(=O)c2ccco2)nc2ccccc21. The lowest BCUT2D eigenvalue weighted by atomic mass is 10.3. The topological polar surface area (TPSA) is 60.1 Å². The predicted molar refractivity (Wildman–Crippen MR) is 83.2 cm³/mol. The number of para-hydroxylation sites is 2. The molecule has 0 saturated carbocycles. The Morgan fingerprint density at radius 3 is 2.95 bits per heavy atom. The molecule has 5 heteroatoms. The average molecular weight is 293 g/mol. The normalized spacial score (nSPS) is 12.0. The molecule has 3 rings (SSSR count). The molecule has 1 atom stereocenters. The predicted octanol–water partition coefficient (Wildman–Crippen LogP) is 2.75. The standard InChI is InChI=1S/C17H15N3O2/c1-3-10-20-14-8-5-4-7-13(14)19-16(20)12(2)18-17(21)15-9-6-11-22-15/h1,4-9,11-12H,10H2,2H3,(H,18,21). The van der Waals surface area contributed by atoms with E-state index in [4.69, 9.17) is 10.8 Å². The lowest BCUT2D eigenvalue weighted by molar-refractivity contribution is 0.0910. The Morgan fingerprint density at radius 1 is 1.41 bits per heavy atom. The number of hydrogen-bond donors (Lipinski definition) is 1. The number of carbonyl (C=O) groups excluding carboxylic acids is 1. The van der Waals surface area contributed by atoms with Gasteiger partial charge in [0.1, 0.15) is 5.82 Å². The van der Waals surface area contributed by atoms with Crippen molar-refractivity contribution in [1.82, 2.24) is 14.9 Å². The summed E-state index contributed by atoms with van der Waals surface area (Å²) in [5.41, 5.74) is 1.81. The summed E-state index contributed by atoms with van der Waals surface area (Å²) >= 11 is 0. The van der Waals surface area contributed by atoms with E-state index in [0.29, 0.717) is 6.54 Å². The Labute approximate surface area is 128 Å². The van der Waals surface area contributed by atoms with Crippen molar-refractivity contribution < 1.29 is 9.21 Å². The van der Waals surface area contributed by atoms with Gasteiger partial charge in [-0.2, -0.15) is 0 Å². The van der Waals surface area contributed by atoms with Crippen LogP contribution in [0.4, 0.5) is 0 Å². The van der Waals surface area contributed by atoms with E-state index >= 15 is 0 Å². The van der Waals surface area contributed by atoms with Gasteiger partial charge in [0, 0.05) is 0 Å². The van der Waals surface area contributed by atoms with Gasteiger partial charge in [0.25, 0.3) is 5.91 Å². The van der Waals surface area contributed by atoms with Crippen LogP contribution < -0.4 is 5.32 Å². The van der Waals surface area contributed by atoms with Gasteiger partial charge in [-0.3, -0.25) is 4.79 Å². The number of rotatable bonds is 4. The zero-order chi connectivity index (χ0) is 15.5. The minimum atomic E-state index is -0.293. The fraction of sp³-hybridized carbons (Fsp3) is 0.176. The highest BCUT2D eigenvalue weighted by Crippen LogP contribution is 2.21.